The summed E-state index contributed by atoms with van der Waals surface area (Å²) in [6, 6.07) is 5.68. The number of rotatable bonds is 12. The second kappa shape index (κ2) is 12.0. The Bertz CT molecular complexity index is 875. The molecule has 1 amide bonds. The summed E-state index contributed by atoms with van der Waals surface area (Å²) in [4.78, 5) is 28.5. The van der Waals surface area contributed by atoms with E-state index in [-0.39, 0.29) is 16.0 Å². The molecule has 0 fully saturated rings. The van der Waals surface area contributed by atoms with E-state index < -0.39 is 4.92 Å². The van der Waals surface area contributed by atoms with Gasteiger partial charge >= 0.3 is 5.00 Å². The van der Waals surface area contributed by atoms with Gasteiger partial charge in [-0.2, -0.15) is 0 Å². The summed E-state index contributed by atoms with van der Waals surface area (Å²) in [6.45, 7) is 8.00. The van der Waals surface area contributed by atoms with Crippen LogP contribution in [0.4, 0.5) is 27.2 Å². The highest BCUT2D eigenvalue weighted by Crippen LogP contribution is 2.34. The topological polar surface area (TPSA) is 113 Å². The number of carbonyl (C=O) groups excluding carboxylic acids is 1. The van der Waals surface area contributed by atoms with Crippen LogP contribution in [-0.2, 0) is 4.79 Å². The van der Waals surface area contributed by atoms with Gasteiger partial charge in [-0.3, -0.25) is 14.9 Å². The second-order valence-corrected chi connectivity index (χ2v) is 7.72. The Kier molecular flexibility index (Phi) is 9.33. The summed E-state index contributed by atoms with van der Waals surface area (Å²) in [6.07, 6.45) is 5.88. The quantitative estimate of drug-likeness (QED) is 0.243. The van der Waals surface area contributed by atoms with Gasteiger partial charge in [-0.05, 0) is 42.4 Å². The predicted molar refractivity (Wildman–Crippen MR) is 120 cm³/mol. The first-order valence-corrected chi connectivity index (χ1v) is 11.0. The van der Waals surface area contributed by atoms with E-state index in [1.807, 2.05) is 12.1 Å². The van der Waals surface area contributed by atoms with Gasteiger partial charge in [0.1, 0.15) is 11.9 Å². The van der Waals surface area contributed by atoms with Gasteiger partial charge in [0.15, 0.2) is 0 Å². The maximum Gasteiger partial charge on any atom is 0.345 e. The van der Waals surface area contributed by atoms with Gasteiger partial charge in [0.25, 0.3) is 0 Å². The lowest BCUT2D eigenvalue weighted by atomic mass is 10.2. The summed E-state index contributed by atoms with van der Waals surface area (Å²) in [7, 11) is 0. The highest BCUT2D eigenvalue weighted by molar-refractivity contribution is 7.18. The number of azo groups is 1. The third kappa shape index (κ3) is 6.87. The van der Waals surface area contributed by atoms with Gasteiger partial charge in [0, 0.05) is 25.2 Å². The van der Waals surface area contributed by atoms with Crippen LogP contribution in [0.2, 0.25) is 0 Å². The van der Waals surface area contributed by atoms with E-state index in [1.54, 1.807) is 13.0 Å². The van der Waals surface area contributed by atoms with Crippen LogP contribution in [0.1, 0.15) is 52.9 Å². The molecule has 2 rings (SSSR count). The first-order chi connectivity index (χ1) is 14.5. The van der Waals surface area contributed by atoms with Crippen molar-refractivity contribution in [3.8, 4) is 0 Å². The first kappa shape index (κ1) is 23.4. The van der Waals surface area contributed by atoms with Gasteiger partial charge < -0.3 is 10.2 Å². The molecule has 0 aliphatic carbocycles. The fourth-order valence-corrected chi connectivity index (χ4v) is 3.25. The number of amides is 1. The second-order valence-electron chi connectivity index (χ2n) is 6.74. The average Bonchev–Trinajstić information content (AvgIpc) is 3.22. The van der Waals surface area contributed by atoms with Crippen molar-refractivity contribution in [2.24, 2.45) is 10.2 Å². The van der Waals surface area contributed by atoms with E-state index in [0.717, 1.165) is 62.0 Å². The fraction of sp³-hybridized carbons (Fsp3) is 0.500. The Morgan fingerprint density at radius 1 is 1.20 bits per heavy atom. The summed E-state index contributed by atoms with van der Waals surface area (Å²) in [5.74, 6) is -0.123. The third-order valence-electron chi connectivity index (χ3n) is 4.41. The molecule has 9 nitrogen and oxygen atoms in total. The number of carbonyl (C=O) groups is 1. The molecule has 1 N–H and O–H groups in total. The number of benzene rings is 1. The molecule has 10 heteroatoms. The number of nitro groups is 1. The number of aromatic nitrogens is 1. The van der Waals surface area contributed by atoms with Gasteiger partial charge in [-0.25, -0.2) is 4.98 Å². The highest BCUT2D eigenvalue weighted by Gasteiger charge is 2.13. The Balaban J connectivity index is 2.32. The standard InChI is InChI=1S/C20H28N6O3S/c1-4-7-11-25(12-8-5-2)15-9-10-16(17(13-15)22-18(27)6-3)23-24-20-21-14-19(30-20)26(28)29/h9-10,13-14H,4-8,11-12H2,1-3H3,(H,22,27). The summed E-state index contributed by atoms with van der Waals surface area (Å²) in [5.41, 5.74) is 2.06. The lowest BCUT2D eigenvalue weighted by Gasteiger charge is -2.25. The monoisotopic (exact) mass is 432 g/mol. The molecule has 0 aliphatic heterocycles. The predicted octanol–water partition coefficient (Wildman–Crippen LogP) is 6.22. The maximum atomic E-state index is 12.0. The molecule has 2 aromatic rings. The lowest BCUT2D eigenvalue weighted by molar-refractivity contribution is -0.380. The molecule has 0 saturated heterocycles. The maximum absolute atomic E-state index is 12.0. The van der Waals surface area contributed by atoms with Crippen molar-refractivity contribution < 1.29 is 9.72 Å². The normalized spacial score (nSPS) is 11.0. The fourth-order valence-electron chi connectivity index (χ4n) is 2.70. The van der Waals surface area contributed by atoms with Crippen LogP contribution < -0.4 is 10.2 Å². The summed E-state index contributed by atoms with van der Waals surface area (Å²) >= 11 is 0.845. The molecular weight excluding hydrogens is 404 g/mol. The van der Waals surface area contributed by atoms with Crippen molar-refractivity contribution >= 4 is 44.4 Å². The van der Waals surface area contributed by atoms with Crippen LogP contribution in [0, 0.1) is 10.1 Å². The van der Waals surface area contributed by atoms with E-state index in [4.69, 9.17) is 0 Å². The number of thiazole rings is 1. The van der Waals surface area contributed by atoms with E-state index in [2.05, 4.69) is 39.3 Å². The minimum atomic E-state index is -0.514. The molecule has 1 aromatic heterocycles. The van der Waals surface area contributed by atoms with Crippen molar-refractivity contribution in [3.63, 3.8) is 0 Å². The van der Waals surface area contributed by atoms with Crippen molar-refractivity contribution in [2.75, 3.05) is 23.3 Å². The van der Waals surface area contributed by atoms with Crippen molar-refractivity contribution in [3.05, 3.63) is 34.5 Å². The molecule has 0 bridgehead atoms. The van der Waals surface area contributed by atoms with Crippen molar-refractivity contribution in [1.82, 2.24) is 4.98 Å². The third-order valence-corrected chi connectivity index (χ3v) is 5.24. The van der Waals surface area contributed by atoms with Crippen LogP contribution in [0.25, 0.3) is 0 Å². The van der Waals surface area contributed by atoms with Gasteiger partial charge in [0.2, 0.25) is 11.0 Å². The molecule has 0 aliphatic rings. The van der Waals surface area contributed by atoms with Crippen molar-refractivity contribution in [1.29, 1.82) is 0 Å². The van der Waals surface area contributed by atoms with Crippen LogP contribution in [0.3, 0.4) is 0 Å². The molecule has 0 spiro atoms. The summed E-state index contributed by atoms with van der Waals surface area (Å²) in [5, 5.41) is 22.0. The minimum absolute atomic E-state index is 0.0960. The molecule has 0 atom stereocenters. The number of hydrogen-bond donors (Lipinski definition) is 1. The molecular formula is C20H28N6O3S. The van der Waals surface area contributed by atoms with E-state index in [0.29, 0.717) is 17.8 Å². The van der Waals surface area contributed by atoms with E-state index in [1.165, 1.54) is 0 Å². The smallest absolute Gasteiger partial charge is 0.345 e. The van der Waals surface area contributed by atoms with Crippen LogP contribution >= 0.6 is 11.3 Å². The molecule has 30 heavy (non-hydrogen) atoms. The van der Waals surface area contributed by atoms with Gasteiger partial charge in [-0.1, -0.05) is 33.6 Å². The number of nitrogens with zero attached hydrogens (tertiary/aromatic N) is 5. The number of nitrogens with one attached hydrogen (secondary N) is 1. The minimum Gasteiger partial charge on any atom is -0.371 e. The van der Waals surface area contributed by atoms with Gasteiger partial charge in [-0.15, -0.1) is 10.2 Å². The highest BCUT2D eigenvalue weighted by atomic mass is 32.1. The zero-order valence-electron chi connectivity index (χ0n) is 17.6. The van der Waals surface area contributed by atoms with E-state index in [9.17, 15) is 14.9 Å². The zero-order valence-corrected chi connectivity index (χ0v) is 18.4. The Morgan fingerprint density at radius 3 is 2.47 bits per heavy atom. The molecule has 0 unspecified atom stereocenters. The Morgan fingerprint density at radius 2 is 1.90 bits per heavy atom. The first-order valence-electron chi connectivity index (χ1n) is 10.2. The van der Waals surface area contributed by atoms with Gasteiger partial charge in [0.05, 0.1) is 10.6 Å². The molecule has 0 saturated carbocycles. The molecule has 1 heterocycles. The molecule has 162 valence electrons. The van der Waals surface area contributed by atoms with Crippen molar-refractivity contribution in [2.45, 2.75) is 52.9 Å². The molecule has 1 aromatic carbocycles. The Labute approximate surface area is 180 Å². The van der Waals surface area contributed by atoms with Crippen LogP contribution in [-0.4, -0.2) is 28.9 Å². The number of hydrogen-bond acceptors (Lipinski definition) is 8. The van der Waals surface area contributed by atoms with Crippen LogP contribution in [0.15, 0.2) is 34.6 Å². The SMILES string of the molecule is CCCCN(CCCC)c1ccc(N=Nc2ncc([N+](=O)[O-])s2)c(NC(=O)CC)c1. The average molecular weight is 433 g/mol. The number of unbranched alkanes of at least 4 members (excludes halogenated alkanes) is 2. The zero-order chi connectivity index (χ0) is 21.9. The van der Waals surface area contributed by atoms with E-state index >= 15 is 0 Å². The molecule has 0 radical (unpaired) electrons. The lowest BCUT2D eigenvalue weighted by Crippen LogP contribution is -2.25. The number of anilines is 2. The Hall–Kier alpha value is -2.88. The van der Waals surface area contributed by atoms with Crippen LogP contribution in [0.5, 0.6) is 0 Å². The summed E-state index contributed by atoms with van der Waals surface area (Å²) < 4.78 is 0. The largest absolute Gasteiger partial charge is 0.371 e.